The van der Waals surface area contributed by atoms with E-state index in [1.807, 2.05) is 0 Å². The Balaban J connectivity index is 0.00000144. The van der Waals surface area contributed by atoms with Crippen molar-refractivity contribution in [2.45, 2.75) is 18.4 Å². The number of fused-ring (bicyclic) bond motifs is 1. The second kappa shape index (κ2) is 5.05. The fourth-order valence-corrected chi connectivity index (χ4v) is 2.05. The first-order chi connectivity index (χ1) is 7.59. The maximum Gasteiger partial charge on any atom is 0.326 e. The number of hydrogen-bond donors (Lipinski definition) is 3. The molecular formula is C11H12ClNO4. The molecule has 3 N–H and O–H groups in total. The summed E-state index contributed by atoms with van der Waals surface area (Å²) in [5, 5.41) is 20.6. The van der Waals surface area contributed by atoms with Gasteiger partial charge in [0, 0.05) is 11.6 Å². The molecule has 0 saturated heterocycles. The highest BCUT2D eigenvalue weighted by Gasteiger charge is 2.37. The van der Waals surface area contributed by atoms with Crippen LogP contribution < -0.4 is 5.32 Å². The third-order valence-corrected chi connectivity index (χ3v) is 2.73. The Hall–Kier alpha value is -1.75. The van der Waals surface area contributed by atoms with Crippen LogP contribution in [0.2, 0.25) is 0 Å². The molecule has 5 nitrogen and oxygen atoms in total. The summed E-state index contributed by atoms with van der Waals surface area (Å²) in [5.74, 6) is -2.52. The number of nitrogens with one attached hydrogen (secondary N) is 1. The molecule has 0 bridgehead atoms. The lowest BCUT2D eigenvalue weighted by Crippen LogP contribution is -2.31. The Bertz CT molecular complexity index is 449. The molecule has 0 aliphatic carbocycles. The van der Waals surface area contributed by atoms with E-state index in [1.165, 1.54) is 0 Å². The van der Waals surface area contributed by atoms with Crippen molar-refractivity contribution >= 4 is 30.0 Å². The van der Waals surface area contributed by atoms with Crippen molar-refractivity contribution in [3.05, 3.63) is 29.8 Å². The highest BCUT2D eigenvalue weighted by molar-refractivity contribution is 5.85. The first-order valence-electron chi connectivity index (χ1n) is 4.89. The number of aliphatic carboxylic acids is 2. The Morgan fingerprint density at radius 1 is 1.24 bits per heavy atom. The zero-order valence-electron chi connectivity index (χ0n) is 8.79. The summed E-state index contributed by atoms with van der Waals surface area (Å²) in [4.78, 5) is 21.7. The highest BCUT2D eigenvalue weighted by Crippen LogP contribution is 2.37. The van der Waals surface area contributed by atoms with Gasteiger partial charge in [-0.15, -0.1) is 12.4 Å². The Labute approximate surface area is 104 Å². The van der Waals surface area contributed by atoms with E-state index >= 15 is 0 Å². The number of para-hydroxylation sites is 1. The van der Waals surface area contributed by atoms with E-state index in [4.69, 9.17) is 10.2 Å². The largest absolute Gasteiger partial charge is 0.481 e. The van der Waals surface area contributed by atoms with Crippen LogP contribution in [0.4, 0.5) is 5.69 Å². The summed E-state index contributed by atoms with van der Waals surface area (Å²) in [5.41, 5.74) is 1.47. The van der Waals surface area contributed by atoms with Crippen molar-refractivity contribution in [3.8, 4) is 0 Å². The standard InChI is InChI=1S/C11H11NO4.ClH/c13-9(14)5-7-6-3-1-2-4-8(6)12-10(7)11(15)16;/h1-4,7,10,12H,5H2,(H,13,14)(H,15,16);1H/t7-,10+;/m1./s1. The average Bonchev–Trinajstić information content (AvgIpc) is 2.57. The van der Waals surface area contributed by atoms with Crippen LogP contribution in [0.1, 0.15) is 17.9 Å². The van der Waals surface area contributed by atoms with Crippen LogP contribution in [-0.4, -0.2) is 28.2 Å². The van der Waals surface area contributed by atoms with Gasteiger partial charge in [0.25, 0.3) is 0 Å². The van der Waals surface area contributed by atoms with E-state index < -0.39 is 23.9 Å². The molecule has 0 fully saturated rings. The lowest BCUT2D eigenvalue weighted by molar-refractivity contribution is -0.139. The minimum absolute atomic E-state index is 0. The van der Waals surface area contributed by atoms with E-state index in [2.05, 4.69) is 5.32 Å². The van der Waals surface area contributed by atoms with Gasteiger partial charge in [0.05, 0.1) is 6.42 Å². The van der Waals surface area contributed by atoms with Crippen LogP contribution in [0.25, 0.3) is 0 Å². The fourth-order valence-electron chi connectivity index (χ4n) is 2.05. The van der Waals surface area contributed by atoms with Gasteiger partial charge in [-0.3, -0.25) is 4.79 Å². The van der Waals surface area contributed by atoms with Crippen molar-refractivity contribution in [2.75, 3.05) is 5.32 Å². The molecule has 1 heterocycles. The van der Waals surface area contributed by atoms with E-state index in [9.17, 15) is 9.59 Å². The van der Waals surface area contributed by atoms with Gasteiger partial charge in [0.2, 0.25) is 0 Å². The predicted octanol–water partition coefficient (Wildman–Crippen LogP) is 1.55. The van der Waals surface area contributed by atoms with Gasteiger partial charge in [-0.2, -0.15) is 0 Å². The van der Waals surface area contributed by atoms with Crippen molar-refractivity contribution in [3.63, 3.8) is 0 Å². The van der Waals surface area contributed by atoms with Crippen LogP contribution in [0.15, 0.2) is 24.3 Å². The molecule has 92 valence electrons. The zero-order chi connectivity index (χ0) is 11.7. The van der Waals surface area contributed by atoms with Crippen molar-refractivity contribution in [1.82, 2.24) is 0 Å². The Kier molecular flexibility index (Phi) is 3.96. The van der Waals surface area contributed by atoms with Crippen molar-refractivity contribution in [2.24, 2.45) is 0 Å². The summed E-state index contributed by atoms with van der Waals surface area (Å²) in [6.07, 6.45) is -0.180. The number of anilines is 1. The number of benzene rings is 1. The maximum absolute atomic E-state index is 11.0. The number of halogens is 1. The van der Waals surface area contributed by atoms with Crippen LogP contribution in [-0.2, 0) is 9.59 Å². The lowest BCUT2D eigenvalue weighted by atomic mass is 9.92. The number of hydrogen-bond acceptors (Lipinski definition) is 3. The van der Waals surface area contributed by atoms with Gasteiger partial charge in [0.1, 0.15) is 6.04 Å². The molecule has 0 unspecified atom stereocenters. The number of carbonyl (C=O) groups is 2. The summed E-state index contributed by atoms with van der Waals surface area (Å²) >= 11 is 0. The molecule has 1 aromatic rings. The van der Waals surface area contributed by atoms with Crippen LogP contribution in [0.3, 0.4) is 0 Å². The SMILES string of the molecule is Cl.O=C(O)C[C@@H]1c2ccccc2N[C@@H]1C(=O)O. The summed E-state index contributed by atoms with van der Waals surface area (Å²) < 4.78 is 0. The Morgan fingerprint density at radius 2 is 1.88 bits per heavy atom. The minimum atomic E-state index is -1.03. The van der Waals surface area contributed by atoms with Gasteiger partial charge in [-0.05, 0) is 11.6 Å². The molecule has 0 amide bonds. The molecule has 2 rings (SSSR count). The number of carboxylic acids is 2. The smallest absolute Gasteiger partial charge is 0.326 e. The van der Waals surface area contributed by atoms with Crippen LogP contribution in [0.5, 0.6) is 0 Å². The van der Waals surface area contributed by atoms with Gasteiger partial charge < -0.3 is 15.5 Å². The molecule has 0 saturated carbocycles. The van der Waals surface area contributed by atoms with E-state index in [1.54, 1.807) is 24.3 Å². The van der Waals surface area contributed by atoms with Gasteiger partial charge >= 0.3 is 11.9 Å². The first kappa shape index (κ1) is 13.3. The fraction of sp³-hybridized carbons (Fsp3) is 0.273. The van der Waals surface area contributed by atoms with Crippen LogP contribution in [0, 0.1) is 0 Å². The van der Waals surface area contributed by atoms with E-state index in [0.717, 1.165) is 5.56 Å². The second-order valence-corrected chi connectivity index (χ2v) is 3.75. The summed E-state index contributed by atoms with van der Waals surface area (Å²) in [7, 11) is 0. The average molecular weight is 258 g/mol. The molecule has 1 aliphatic rings. The molecule has 2 atom stereocenters. The quantitative estimate of drug-likeness (QED) is 0.765. The number of carboxylic acid groups (broad SMARTS) is 2. The zero-order valence-corrected chi connectivity index (χ0v) is 9.61. The van der Waals surface area contributed by atoms with E-state index in [0.29, 0.717) is 5.69 Å². The highest BCUT2D eigenvalue weighted by atomic mass is 35.5. The number of rotatable bonds is 3. The van der Waals surface area contributed by atoms with Crippen LogP contribution >= 0.6 is 12.4 Å². The van der Waals surface area contributed by atoms with Crippen molar-refractivity contribution < 1.29 is 19.8 Å². The monoisotopic (exact) mass is 257 g/mol. The topological polar surface area (TPSA) is 86.6 Å². The molecule has 0 spiro atoms. The van der Waals surface area contributed by atoms with Gasteiger partial charge in [-0.25, -0.2) is 4.79 Å². The molecule has 0 aromatic heterocycles. The normalized spacial score (nSPS) is 20.9. The third-order valence-electron chi connectivity index (χ3n) is 2.73. The molecule has 0 radical (unpaired) electrons. The summed E-state index contributed by atoms with van der Waals surface area (Å²) in [6.45, 7) is 0. The maximum atomic E-state index is 11.0. The van der Waals surface area contributed by atoms with Gasteiger partial charge in [-0.1, -0.05) is 18.2 Å². The molecular weight excluding hydrogens is 246 g/mol. The van der Waals surface area contributed by atoms with Crippen molar-refractivity contribution in [1.29, 1.82) is 0 Å². The first-order valence-corrected chi connectivity index (χ1v) is 4.89. The lowest BCUT2D eigenvalue weighted by Gasteiger charge is -2.13. The Morgan fingerprint density at radius 3 is 2.47 bits per heavy atom. The molecule has 1 aliphatic heterocycles. The second-order valence-electron chi connectivity index (χ2n) is 3.75. The molecule has 6 heteroatoms. The summed E-state index contributed by atoms with van der Waals surface area (Å²) in [6, 6.07) is 6.23. The van der Waals surface area contributed by atoms with Gasteiger partial charge in [0.15, 0.2) is 0 Å². The molecule has 1 aromatic carbocycles. The third kappa shape index (κ3) is 2.50. The predicted molar refractivity (Wildman–Crippen MR) is 63.7 cm³/mol. The van der Waals surface area contributed by atoms with E-state index in [-0.39, 0.29) is 18.8 Å². The molecule has 17 heavy (non-hydrogen) atoms. The minimum Gasteiger partial charge on any atom is -0.481 e.